The second-order valence-electron chi connectivity index (χ2n) is 5.91. The van der Waals surface area contributed by atoms with E-state index in [1.54, 1.807) is 39.0 Å². The third-order valence-electron chi connectivity index (χ3n) is 3.96. The number of carbonyl (C=O) groups is 3. The third-order valence-corrected chi connectivity index (χ3v) is 3.96. The standard InChI is InChI=1S/C19H24N4O6/c1-5-20-23-15(24)10-29-13-8-7-12(9-14(13)27-4)17-16(18(25)28-6-2)11(3)21-19(26)22-17/h5,7-9,17H,6,10H2,1-4H3,(H,23,24)(H2,21,22,26)/b20-5-/t17-/m0/s1. The second-order valence-corrected chi connectivity index (χ2v) is 5.91. The molecule has 156 valence electrons. The molecule has 1 aliphatic heterocycles. The summed E-state index contributed by atoms with van der Waals surface area (Å²) in [6.07, 6.45) is 1.44. The van der Waals surface area contributed by atoms with Crippen LogP contribution in [0.15, 0.2) is 34.6 Å². The summed E-state index contributed by atoms with van der Waals surface area (Å²) in [6.45, 7) is 4.95. The summed E-state index contributed by atoms with van der Waals surface area (Å²) < 4.78 is 15.9. The molecule has 0 fully saturated rings. The van der Waals surface area contributed by atoms with Gasteiger partial charge in [0.15, 0.2) is 18.1 Å². The molecule has 0 saturated carbocycles. The van der Waals surface area contributed by atoms with E-state index in [-0.39, 0.29) is 13.2 Å². The molecule has 10 nitrogen and oxygen atoms in total. The fourth-order valence-corrected chi connectivity index (χ4v) is 2.72. The van der Waals surface area contributed by atoms with E-state index < -0.39 is 23.9 Å². The molecule has 1 atom stereocenters. The van der Waals surface area contributed by atoms with E-state index in [1.165, 1.54) is 13.3 Å². The first-order valence-corrected chi connectivity index (χ1v) is 8.93. The van der Waals surface area contributed by atoms with Crippen molar-refractivity contribution in [1.82, 2.24) is 16.1 Å². The predicted molar refractivity (Wildman–Crippen MR) is 105 cm³/mol. The van der Waals surface area contributed by atoms with Crippen LogP contribution in [0.3, 0.4) is 0 Å². The number of benzene rings is 1. The summed E-state index contributed by atoms with van der Waals surface area (Å²) in [6, 6.07) is 3.72. The van der Waals surface area contributed by atoms with Gasteiger partial charge in [-0.15, -0.1) is 0 Å². The Balaban J connectivity index is 2.29. The molecule has 0 aliphatic carbocycles. The highest BCUT2D eigenvalue weighted by atomic mass is 16.5. The molecular weight excluding hydrogens is 380 g/mol. The number of allylic oxidation sites excluding steroid dienone is 1. The Hall–Kier alpha value is -3.56. The van der Waals surface area contributed by atoms with E-state index in [0.717, 1.165) is 0 Å². The van der Waals surface area contributed by atoms with E-state index in [9.17, 15) is 14.4 Å². The largest absolute Gasteiger partial charge is 0.493 e. The molecule has 1 aliphatic rings. The lowest BCUT2D eigenvalue weighted by Crippen LogP contribution is -2.45. The molecule has 29 heavy (non-hydrogen) atoms. The van der Waals surface area contributed by atoms with E-state index in [2.05, 4.69) is 21.2 Å². The number of nitrogens with zero attached hydrogens (tertiary/aromatic N) is 1. The number of urea groups is 1. The molecular formula is C19H24N4O6. The van der Waals surface area contributed by atoms with Gasteiger partial charge in [-0.05, 0) is 38.5 Å². The van der Waals surface area contributed by atoms with Crippen LogP contribution >= 0.6 is 0 Å². The average molecular weight is 404 g/mol. The smallest absolute Gasteiger partial charge is 0.338 e. The fraction of sp³-hybridized carbons (Fsp3) is 0.368. The van der Waals surface area contributed by atoms with Crippen molar-refractivity contribution in [3.8, 4) is 11.5 Å². The Kier molecular flexibility index (Phi) is 7.58. The van der Waals surface area contributed by atoms with Gasteiger partial charge in [-0.3, -0.25) is 4.79 Å². The van der Waals surface area contributed by atoms with Gasteiger partial charge in [-0.25, -0.2) is 15.0 Å². The lowest BCUT2D eigenvalue weighted by Gasteiger charge is -2.28. The van der Waals surface area contributed by atoms with Gasteiger partial charge in [0.25, 0.3) is 5.91 Å². The first-order valence-electron chi connectivity index (χ1n) is 8.93. The zero-order valence-corrected chi connectivity index (χ0v) is 16.7. The molecule has 0 unspecified atom stereocenters. The number of hydrazone groups is 1. The summed E-state index contributed by atoms with van der Waals surface area (Å²) in [5, 5.41) is 8.91. The lowest BCUT2D eigenvalue weighted by atomic mass is 9.95. The van der Waals surface area contributed by atoms with Gasteiger partial charge in [0.05, 0.1) is 25.3 Å². The van der Waals surface area contributed by atoms with Gasteiger partial charge in [0.1, 0.15) is 0 Å². The zero-order valence-electron chi connectivity index (χ0n) is 16.7. The molecule has 3 N–H and O–H groups in total. The Morgan fingerprint density at radius 2 is 2.07 bits per heavy atom. The number of ether oxygens (including phenoxy) is 3. The Morgan fingerprint density at radius 3 is 2.72 bits per heavy atom. The molecule has 1 heterocycles. The lowest BCUT2D eigenvalue weighted by molar-refractivity contribution is -0.139. The van der Waals surface area contributed by atoms with Crippen molar-refractivity contribution in [1.29, 1.82) is 0 Å². The summed E-state index contributed by atoms with van der Waals surface area (Å²) in [4.78, 5) is 36.0. The van der Waals surface area contributed by atoms with Gasteiger partial charge >= 0.3 is 12.0 Å². The molecule has 0 saturated heterocycles. The van der Waals surface area contributed by atoms with Crippen LogP contribution in [0.5, 0.6) is 11.5 Å². The zero-order chi connectivity index (χ0) is 21.4. The van der Waals surface area contributed by atoms with Crippen molar-refractivity contribution in [2.24, 2.45) is 5.10 Å². The van der Waals surface area contributed by atoms with Crippen LogP contribution in [0.2, 0.25) is 0 Å². The Bertz CT molecular complexity index is 849. The molecule has 0 aromatic heterocycles. The monoisotopic (exact) mass is 404 g/mol. The summed E-state index contributed by atoms with van der Waals surface area (Å²) in [5.74, 6) is -0.300. The van der Waals surface area contributed by atoms with Crippen LogP contribution < -0.4 is 25.5 Å². The molecule has 0 spiro atoms. The van der Waals surface area contributed by atoms with Crippen molar-refractivity contribution in [3.05, 3.63) is 35.0 Å². The normalized spacial score (nSPS) is 16.1. The average Bonchev–Trinajstić information content (AvgIpc) is 2.70. The Labute approximate surface area is 168 Å². The predicted octanol–water partition coefficient (Wildman–Crippen LogP) is 1.39. The van der Waals surface area contributed by atoms with Crippen molar-refractivity contribution in [2.45, 2.75) is 26.8 Å². The number of hydrogen-bond donors (Lipinski definition) is 3. The van der Waals surface area contributed by atoms with Crippen LogP contribution in [0.1, 0.15) is 32.4 Å². The van der Waals surface area contributed by atoms with E-state index in [0.29, 0.717) is 28.3 Å². The number of esters is 1. The maximum atomic E-state index is 12.4. The second kappa shape index (κ2) is 10.1. The van der Waals surface area contributed by atoms with Crippen molar-refractivity contribution >= 4 is 24.1 Å². The number of carbonyl (C=O) groups excluding carboxylic acids is 3. The van der Waals surface area contributed by atoms with Crippen LogP contribution in [-0.4, -0.2) is 44.4 Å². The molecule has 1 aromatic carbocycles. The van der Waals surface area contributed by atoms with Gasteiger partial charge in [0.2, 0.25) is 0 Å². The molecule has 0 radical (unpaired) electrons. The molecule has 10 heteroatoms. The first-order chi connectivity index (χ1) is 13.9. The molecule has 1 aromatic rings. The minimum atomic E-state index is -0.729. The number of rotatable bonds is 8. The van der Waals surface area contributed by atoms with Crippen molar-refractivity contribution in [3.63, 3.8) is 0 Å². The maximum absolute atomic E-state index is 12.4. The van der Waals surface area contributed by atoms with Gasteiger partial charge in [0, 0.05) is 11.9 Å². The maximum Gasteiger partial charge on any atom is 0.338 e. The van der Waals surface area contributed by atoms with Crippen LogP contribution in [0, 0.1) is 0 Å². The van der Waals surface area contributed by atoms with Crippen LogP contribution in [0.25, 0.3) is 0 Å². The highest BCUT2D eigenvalue weighted by Crippen LogP contribution is 2.34. The SMILES string of the molecule is C/C=N\NC(=O)COc1ccc([C@@H]2NC(=O)NC(C)=C2C(=O)OCC)cc1OC. The minimum absolute atomic E-state index is 0.205. The van der Waals surface area contributed by atoms with E-state index in [1.807, 2.05) is 0 Å². The first kappa shape index (κ1) is 21.7. The van der Waals surface area contributed by atoms with E-state index >= 15 is 0 Å². The van der Waals surface area contributed by atoms with E-state index in [4.69, 9.17) is 14.2 Å². The number of amides is 3. The van der Waals surface area contributed by atoms with Gasteiger partial charge in [-0.1, -0.05) is 6.07 Å². The summed E-state index contributed by atoms with van der Waals surface area (Å²) in [7, 11) is 1.45. The molecule has 0 bridgehead atoms. The van der Waals surface area contributed by atoms with Crippen LogP contribution in [0.4, 0.5) is 4.79 Å². The topological polar surface area (TPSA) is 127 Å². The number of hydrogen-bond acceptors (Lipinski definition) is 7. The quantitative estimate of drug-likeness (QED) is 0.341. The number of nitrogens with one attached hydrogen (secondary N) is 3. The fourth-order valence-electron chi connectivity index (χ4n) is 2.72. The molecule has 2 rings (SSSR count). The minimum Gasteiger partial charge on any atom is -0.493 e. The highest BCUT2D eigenvalue weighted by molar-refractivity contribution is 5.95. The van der Waals surface area contributed by atoms with Crippen molar-refractivity contribution < 1.29 is 28.6 Å². The van der Waals surface area contributed by atoms with Gasteiger partial charge < -0.3 is 24.8 Å². The Morgan fingerprint density at radius 1 is 1.31 bits per heavy atom. The third kappa shape index (κ3) is 5.47. The molecule has 3 amide bonds. The number of methoxy groups -OCH3 is 1. The van der Waals surface area contributed by atoms with Crippen LogP contribution in [-0.2, 0) is 14.3 Å². The summed E-state index contributed by atoms with van der Waals surface area (Å²) >= 11 is 0. The highest BCUT2D eigenvalue weighted by Gasteiger charge is 2.32. The van der Waals surface area contributed by atoms with Gasteiger partial charge in [-0.2, -0.15) is 5.10 Å². The summed E-state index contributed by atoms with van der Waals surface area (Å²) in [5.41, 5.74) is 3.58. The van der Waals surface area contributed by atoms with Crippen molar-refractivity contribution in [2.75, 3.05) is 20.3 Å².